The number of amides is 1. The van der Waals surface area contributed by atoms with Crippen LogP contribution >= 0.6 is 23.2 Å². The number of hydrazone groups is 1. The molecule has 0 aliphatic rings. The SMILES string of the molecule is Cc1nn(-c2cccc(Cl)c2)c(Cl)c1/C=N/NC(=O)c1ccc(-n2cnnn2)cc1. The molecule has 11 heteroatoms. The van der Waals surface area contributed by atoms with Crippen molar-refractivity contribution < 1.29 is 4.79 Å². The minimum Gasteiger partial charge on any atom is -0.267 e. The second kappa shape index (κ2) is 8.44. The molecule has 0 saturated heterocycles. The van der Waals surface area contributed by atoms with E-state index in [-0.39, 0.29) is 5.91 Å². The molecule has 0 bridgehead atoms. The van der Waals surface area contributed by atoms with Crippen LogP contribution in [-0.2, 0) is 0 Å². The smallest absolute Gasteiger partial charge is 0.267 e. The molecule has 2 aromatic heterocycles. The standard InChI is InChI=1S/C19H14Cl2N8O/c1-12-17(18(21)29(25-12)16-4-2-3-14(20)9-16)10-22-24-19(30)13-5-7-15(8-6-13)28-11-23-26-27-28/h2-11H,1H3,(H,24,30)/b22-10+. The summed E-state index contributed by atoms with van der Waals surface area (Å²) >= 11 is 12.5. The fourth-order valence-corrected chi connectivity index (χ4v) is 3.21. The Morgan fingerprint density at radius 2 is 1.93 bits per heavy atom. The summed E-state index contributed by atoms with van der Waals surface area (Å²) in [6.07, 6.45) is 2.92. The zero-order valence-corrected chi connectivity index (χ0v) is 17.1. The van der Waals surface area contributed by atoms with Gasteiger partial charge in [-0.15, -0.1) is 5.10 Å². The number of aromatic nitrogens is 6. The zero-order chi connectivity index (χ0) is 21.1. The van der Waals surface area contributed by atoms with Crippen LogP contribution < -0.4 is 5.43 Å². The van der Waals surface area contributed by atoms with Crippen LogP contribution in [0.2, 0.25) is 10.2 Å². The maximum Gasteiger partial charge on any atom is 0.271 e. The topological polar surface area (TPSA) is 103 Å². The molecule has 0 saturated carbocycles. The first kappa shape index (κ1) is 19.7. The van der Waals surface area contributed by atoms with E-state index in [9.17, 15) is 4.79 Å². The van der Waals surface area contributed by atoms with Gasteiger partial charge in [-0.1, -0.05) is 29.3 Å². The number of aryl methyl sites for hydroxylation is 1. The maximum atomic E-state index is 12.3. The number of carbonyl (C=O) groups is 1. The van der Waals surface area contributed by atoms with Crippen LogP contribution in [0.5, 0.6) is 0 Å². The third kappa shape index (κ3) is 4.07. The summed E-state index contributed by atoms with van der Waals surface area (Å²) in [5, 5.41) is 20.3. The van der Waals surface area contributed by atoms with Crippen LogP contribution in [0.1, 0.15) is 21.6 Å². The third-order valence-corrected chi connectivity index (χ3v) is 4.80. The van der Waals surface area contributed by atoms with Crippen LogP contribution in [0.15, 0.2) is 60.0 Å². The molecule has 0 aliphatic carbocycles. The molecular formula is C19H14Cl2N8O. The van der Waals surface area contributed by atoms with Gasteiger partial charge >= 0.3 is 0 Å². The van der Waals surface area contributed by atoms with Gasteiger partial charge in [0.05, 0.1) is 28.8 Å². The number of rotatable bonds is 5. The minimum absolute atomic E-state index is 0.360. The largest absolute Gasteiger partial charge is 0.271 e. The summed E-state index contributed by atoms with van der Waals surface area (Å²) < 4.78 is 3.05. The summed E-state index contributed by atoms with van der Waals surface area (Å²) in [6, 6.07) is 13.9. The lowest BCUT2D eigenvalue weighted by Gasteiger charge is -2.03. The van der Waals surface area contributed by atoms with Crippen molar-refractivity contribution in [1.29, 1.82) is 0 Å². The molecule has 2 heterocycles. The molecule has 9 nitrogen and oxygen atoms in total. The molecule has 0 atom stereocenters. The average Bonchev–Trinajstić information content (AvgIpc) is 3.38. The lowest BCUT2D eigenvalue weighted by atomic mass is 10.2. The molecular weight excluding hydrogens is 427 g/mol. The molecule has 4 aromatic rings. The van der Waals surface area contributed by atoms with Crippen LogP contribution in [0, 0.1) is 6.92 Å². The summed E-state index contributed by atoms with van der Waals surface area (Å²) in [5.41, 5.74) is 5.61. The van der Waals surface area contributed by atoms with E-state index < -0.39 is 0 Å². The Balaban J connectivity index is 1.47. The average molecular weight is 441 g/mol. The van der Waals surface area contributed by atoms with Crippen LogP contribution in [0.25, 0.3) is 11.4 Å². The molecule has 0 radical (unpaired) electrons. The van der Waals surface area contributed by atoms with Gasteiger partial charge in [0.25, 0.3) is 5.91 Å². The van der Waals surface area contributed by atoms with Gasteiger partial charge in [-0.25, -0.2) is 14.8 Å². The van der Waals surface area contributed by atoms with Crippen molar-refractivity contribution in [3.05, 3.63) is 81.9 Å². The van der Waals surface area contributed by atoms with Gasteiger partial charge in [-0.05, 0) is 59.8 Å². The fraction of sp³-hybridized carbons (Fsp3) is 0.0526. The van der Waals surface area contributed by atoms with E-state index in [2.05, 4.69) is 31.2 Å². The number of halogens is 2. The molecule has 1 N–H and O–H groups in total. The second-order valence-electron chi connectivity index (χ2n) is 6.18. The first-order valence-corrected chi connectivity index (χ1v) is 9.46. The van der Waals surface area contributed by atoms with Gasteiger partial charge in [0.1, 0.15) is 11.5 Å². The van der Waals surface area contributed by atoms with Gasteiger partial charge in [0.15, 0.2) is 0 Å². The monoisotopic (exact) mass is 440 g/mol. The minimum atomic E-state index is -0.370. The highest BCUT2D eigenvalue weighted by Crippen LogP contribution is 2.23. The van der Waals surface area contributed by atoms with Crippen molar-refractivity contribution in [2.75, 3.05) is 0 Å². The van der Waals surface area contributed by atoms with Gasteiger partial charge in [-0.2, -0.15) is 10.2 Å². The highest BCUT2D eigenvalue weighted by molar-refractivity contribution is 6.32. The van der Waals surface area contributed by atoms with Crippen molar-refractivity contribution in [1.82, 2.24) is 35.4 Å². The Morgan fingerprint density at radius 3 is 2.63 bits per heavy atom. The van der Waals surface area contributed by atoms with Gasteiger partial charge in [0.2, 0.25) is 0 Å². The summed E-state index contributed by atoms with van der Waals surface area (Å²) in [6.45, 7) is 1.80. The Kier molecular flexibility index (Phi) is 5.55. The Hall–Kier alpha value is -3.56. The van der Waals surface area contributed by atoms with E-state index >= 15 is 0 Å². The number of hydrogen-bond acceptors (Lipinski definition) is 6. The predicted molar refractivity (Wildman–Crippen MR) is 113 cm³/mol. The second-order valence-corrected chi connectivity index (χ2v) is 6.98. The summed E-state index contributed by atoms with van der Waals surface area (Å²) in [5.74, 6) is -0.370. The number of tetrazole rings is 1. The lowest BCUT2D eigenvalue weighted by Crippen LogP contribution is -2.17. The van der Waals surface area contributed by atoms with Crippen molar-refractivity contribution in [2.45, 2.75) is 6.92 Å². The van der Waals surface area contributed by atoms with Gasteiger partial charge in [-0.3, -0.25) is 4.79 Å². The molecule has 150 valence electrons. The molecule has 1 amide bonds. The lowest BCUT2D eigenvalue weighted by molar-refractivity contribution is 0.0955. The van der Waals surface area contributed by atoms with Crippen molar-refractivity contribution >= 4 is 35.3 Å². The van der Waals surface area contributed by atoms with Crippen molar-refractivity contribution in [2.24, 2.45) is 5.10 Å². The first-order chi connectivity index (χ1) is 14.5. The zero-order valence-electron chi connectivity index (χ0n) is 15.6. The summed E-state index contributed by atoms with van der Waals surface area (Å²) in [4.78, 5) is 12.3. The molecule has 2 aromatic carbocycles. The first-order valence-electron chi connectivity index (χ1n) is 8.71. The van der Waals surface area contributed by atoms with E-state index in [1.807, 2.05) is 12.1 Å². The molecule has 0 fully saturated rings. The Morgan fingerprint density at radius 1 is 1.13 bits per heavy atom. The predicted octanol–water partition coefficient (Wildman–Crippen LogP) is 3.23. The van der Waals surface area contributed by atoms with E-state index in [1.54, 1.807) is 48.0 Å². The van der Waals surface area contributed by atoms with Crippen LogP contribution in [-0.4, -0.2) is 42.1 Å². The van der Waals surface area contributed by atoms with Crippen LogP contribution in [0.3, 0.4) is 0 Å². The fourth-order valence-electron chi connectivity index (χ4n) is 2.70. The number of nitrogens with one attached hydrogen (secondary N) is 1. The van der Waals surface area contributed by atoms with Crippen molar-refractivity contribution in [3.8, 4) is 11.4 Å². The van der Waals surface area contributed by atoms with E-state index in [0.29, 0.717) is 27.0 Å². The highest BCUT2D eigenvalue weighted by atomic mass is 35.5. The van der Waals surface area contributed by atoms with Gasteiger partial charge < -0.3 is 0 Å². The molecule has 30 heavy (non-hydrogen) atoms. The molecule has 0 unspecified atom stereocenters. The Labute approximate surface area is 180 Å². The maximum absolute atomic E-state index is 12.3. The van der Waals surface area contributed by atoms with Crippen molar-refractivity contribution in [3.63, 3.8) is 0 Å². The number of hydrogen-bond donors (Lipinski definition) is 1. The third-order valence-electron chi connectivity index (χ3n) is 4.20. The summed E-state index contributed by atoms with van der Waals surface area (Å²) in [7, 11) is 0. The number of carbonyl (C=O) groups excluding carboxylic acids is 1. The number of benzene rings is 2. The Bertz CT molecular complexity index is 1220. The molecule has 0 aliphatic heterocycles. The quantitative estimate of drug-likeness (QED) is 0.379. The van der Waals surface area contributed by atoms with E-state index in [4.69, 9.17) is 23.2 Å². The van der Waals surface area contributed by atoms with E-state index in [1.165, 1.54) is 17.2 Å². The highest BCUT2D eigenvalue weighted by Gasteiger charge is 2.14. The van der Waals surface area contributed by atoms with Crippen LogP contribution in [0.4, 0.5) is 0 Å². The van der Waals surface area contributed by atoms with E-state index in [0.717, 1.165) is 11.4 Å². The molecule has 4 rings (SSSR count). The molecule has 0 spiro atoms. The normalized spacial score (nSPS) is 11.2. The number of nitrogens with zero attached hydrogens (tertiary/aromatic N) is 7. The van der Waals surface area contributed by atoms with Gasteiger partial charge in [0, 0.05) is 10.6 Å².